The molecule has 0 aromatic heterocycles. The van der Waals surface area contributed by atoms with E-state index in [2.05, 4.69) is 10.2 Å². The Morgan fingerprint density at radius 3 is 2.37 bits per heavy atom. The van der Waals surface area contributed by atoms with Crippen molar-refractivity contribution in [3.8, 4) is 11.5 Å². The number of carbonyl (C=O) groups is 5. The van der Waals surface area contributed by atoms with E-state index in [0.717, 1.165) is 11.1 Å². The predicted octanol–water partition coefficient (Wildman–Crippen LogP) is 0.812. The second kappa shape index (κ2) is 13.8. The number of carboxylic acids is 2. The Labute approximate surface area is 277 Å². The Balaban J connectivity index is 0.000000698. The molecule has 2 bridgehead atoms. The van der Waals surface area contributed by atoms with Crippen LogP contribution in [0.25, 0.3) is 0 Å². The molecule has 2 aliphatic carbocycles. The predicted molar refractivity (Wildman–Crippen MR) is 157 cm³/mol. The summed E-state index contributed by atoms with van der Waals surface area (Å²) in [6.07, 6.45) is -6.55. The average Bonchev–Trinajstić information content (AvgIpc) is 3.37. The molecule has 0 radical (unpaired) electrons. The van der Waals surface area contributed by atoms with Crippen LogP contribution in [0.3, 0.4) is 0 Å². The molecule has 0 unspecified atom stereocenters. The van der Waals surface area contributed by atoms with Gasteiger partial charge in [0.25, 0.3) is 0 Å². The smallest absolute Gasteiger partial charge is 0.490 e. The summed E-state index contributed by atoms with van der Waals surface area (Å²) >= 11 is 0. The molecule has 18 heteroatoms. The number of methoxy groups -OCH3 is 1. The van der Waals surface area contributed by atoms with E-state index >= 15 is 0 Å². The number of aliphatic carboxylic acids is 2. The van der Waals surface area contributed by atoms with Gasteiger partial charge < -0.3 is 49.6 Å². The van der Waals surface area contributed by atoms with Crippen LogP contribution in [0.5, 0.6) is 11.5 Å². The molecule has 5 N–H and O–H groups in total. The highest BCUT2D eigenvalue weighted by Gasteiger charge is 2.72. The Morgan fingerprint density at radius 1 is 1.14 bits per heavy atom. The van der Waals surface area contributed by atoms with E-state index in [9.17, 15) is 42.6 Å². The third kappa shape index (κ3) is 6.89. The molecule has 5 rings (SSSR count). The lowest BCUT2D eigenvalue weighted by atomic mass is 9.50. The summed E-state index contributed by atoms with van der Waals surface area (Å²) < 4.78 is 54.8. The maximum Gasteiger partial charge on any atom is 0.490 e. The summed E-state index contributed by atoms with van der Waals surface area (Å²) in [5.41, 5.74) is -0.173. The molecule has 1 fully saturated rings. The number of rotatable bonds is 10. The lowest BCUT2D eigenvalue weighted by Crippen LogP contribution is -2.74. The molecular formula is C31H37F3N2O13. The van der Waals surface area contributed by atoms with E-state index in [0.29, 0.717) is 30.9 Å². The van der Waals surface area contributed by atoms with Gasteiger partial charge in [-0.2, -0.15) is 13.2 Å². The highest BCUT2D eigenvalue weighted by Crippen LogP contribution is 2.65. The zero-order valence-electron chi connectivity index (χ0n) is 26.9. The van der Waals surface area contributed by atoms with Gasteiger partial charge in [-0.15, -0.1) is 0 Å². The number of likely N-dealkylation sites (N-methyl/N-ethyl adjacent to an activating group) is 1. The maximum absolute atomic E-state index is 13.2. The second-order valence-electron chi connectivity index (χ2n) is 12.3. The van der Waals surface area contributed by atoms with Crippen molar-refractivity contribution in [3.05, 3.63) is 35.1 Å². The van der Waals surface area contributed by atoms with E-state index in [-0.39, 0.29) is 24.6 Å². The topological polar surface area (TPSA) is 218 Å². The van der Waals surface area contributed by atoms with Gasteiger partial charge in [-0.05, 0) is 64.4 Å². The van der Waals surface area contributed by atoms with Crippen molar-refractivity contribution in [3.63, 3.8) is 0 Å². The zero-order chi connectivity index (χ0) is 36.6. The van der Waals surface area contributed by atoms with Crippen LogP contribution in [0, 0.1) is 0 Å². The standard InChI is InChI=1S/C29H36N2O11.C2HF3O2/c1-14(32)25(35)30-17(6-8-21(33)34)27(37)40-15(2)26(36)41-19-9-10-29(38)20-13-16-5-7-18(39-4)23-22(16)28(29,24(19)42-23)11-12-31(20)3;3-2(4,5)1(6)7/h5,7,9,14-15,17,20,24,32,38H,6,8,10-13H2,1-4H3,(H,30,35)(H,33,34);(H,6,7)/t14-,15-,17-,20+,24-,28-,29+;/m0./s1. The van der Waals surface area contributed by atoms with Crippen LogP contribution in [-0.2, 0) is 45.3 Å². The Morgan fingerprint density at radius 2 is 1.80 bits per heavy atom. The van der Waals surface area contributed by atoms with Crippen LogP contribution in [0.1, 0.15) is 50.7 Å². The quantitative estimate of drug-likeness (QED) is 0.213. The van der Waals surface area contributed by atoms with Crippen molar-refractivity contribution < 1.29 is 76.5 Å². The third-order valence-electron chi connectivity index (χ3n) is 9.27. The maximum atomic E-state index is 13.2. The molecule has 49 heavy (non-hydrogen) atoms. The Kier molecular flexibility index (Phi) is 10.6. The van der Waals surface area contributed by atoms with Gasteiger partial charge in [0, 0.05) is 24.4 Å². The van der Waals surface area contributed by atoms with Crippen LogP contribution < -0.4 is 14.8 Å². The van der Waals surface area contributed by atoms with Crippen LogP contribution in [0.15, 0.2) is 24.0 Å². The number of piperidine rings is 1. The number of hydrogen-bond donors (Lipinski definition) is 5. The van der Waals surface area contributed by atoms with Gasteiger partial charge in [0.05, 0.1) is 18.1 Å². The largest absolute Gasteiger partial charge is 0.493 e. The van der Waals surface area contributed by atoms with Crippen molar-refractivity contribution in [1.29, 1.82) is 0 Å². The van der Waals surface area contributed by atoms with Crippen molar-refractivity contribution >= 4 is 29.8 Å². The first kappa shape index (κ1) is 37.4. The molecule has 2 aliphatic heterocycles. The molecule has 1 amide bonds. The second-order valence-corrected chi connectivity index (χ2v) is 12.3. The number of carbonyl (C=O) groups excluding carboxylic acids is 3. The normalized spacial score (nSPS) is 26.6. The van der Waals surface area contributed by atoms with Crippen molar-refractivity contribution in [2.75, 3.05) is 20.7 Å². The van der Waals surface area contributed by atoms with Crippen LogP contribution >= 0.6 is 0 Å². The molecule has 1 aromatic carbocycles. The minimum Gasteiger partial charge on any atom is -0.493 e. The van der Waals surface area contributed by atoms with Gasteiger partial charge in [-0.3, -0.25) is 9.59 Å². The highest BCUT2D eigenvalue weighted by molar-refractivity contribution is 5.88. The fourth-order valence-corrected chi connectivity index (χ4v) is 6.90. The van der Waals surface area contributed by atoms with E-state index in [1.165, 1.54) is 21.0 Å². The molecule has 7 atom stereocenters. The molecule has 270 valence electrons. The number of carboxylic acid groups (broad SMARTS) is 2. The minimum atomic E-state index is -5.08. The van der Waals surface area contributed by atoms with Gasteiger partial charge in [-0.1, -0.05) is 6.07 Å². The molecule has 1 saturated heterocycles. The Hall–Kier alpha value is -4.42. The van der Waals surface area contributed by atoms with Crippen LogP contribution in [0.2, 0.25) is 0 Å². The van der Waals surface area contributed by atoms with Gasteiger partial charge in [0.15, 0.2) is 23.7 Å². The number of alkyl halides is 3. The first-order valence-corrected chi connectivity index (χ1v) is 15.2. The van der Waals surface area contributed by atoms with Gasteiger partial charge >= 0.3 is 30.1 Å². The number of amides is 1. The van der Waals surface area contributed by atoms with Gasteiger partial charge in [0.2, 0.25) is 5.91 Å². The van der Waals surface area contributed by atoms with Crippen LogP contribution in [-0.4, -0.2) is 118 Å². The number of aliphatic hydroxyl groups excluding tert-OH is 1. The van der Waals surface area contributed by atoms with Gasteiger partial charge in [-0.25, -0.2) is 14.4 Å². The monoisotopic (exact) mass is 702 g/mol. The number of halogens is 3. The average molecular weight is 703 g/mol. The molecule has 15 nitrogen and oxygen atoms in total. The number of esters is 2. The van der Waals surface area contributed by atoms with Crippen molar-refractivity contribution in [2.24, 2.45) is 0 Å². The minimum absolute atomic E-state index is 0.183. The van der Waals surface area contributed by atoms with Gasteiger partial charge in [0.1, 0.15) is 17.9 Å². The number of nitrogens with one attached hydrogen (secondary N) is 1. The van der Waals surface area contributed by atoms with E-state index in [1.807, 2.05) is 19.2 Å². The zero-order valence-corrected chi connectivity index (χ0v) is 26.9. The highest BCUT2D eigenvalue weighted by atomic mass is 19.4. The van der Waals surface area contributed by atoms with E-state index < -0.39 is 77.8 Å². The molecule has 1 aromatic rings. The van der Waals surface area contributed by atoms with Crippen molar-refractivity contribution in [2.45, 2.75) is 93.5 Å². The number of nitrogens with zero attached hydrogens (tertiary/aromatic N) is 1. The number of benzene rings is 1. The van der Waals surface area contributed by atoms with E-state index in [4.69, 9.17) is 34.0 Å². The molecule has 0 saturated carbocycles. The lowest BCUT2D eigenvalue weighted by Gasteiger charge is -2.61. The number of ether oxygens (including phenoxy) is 4. The number of likely N-dealkylation sites (tertiary alicyclic amines) is 1. The number of hydrogen-bond acceptors (Lipinski definition) is 12. The first-order valence-electron chi connectivity index (χ1n) is 15.2. The lowest BCUT2D eigenvalue weighted by molar-refractivity contribution is -0.192. The third-order valence-corrected chi connectivity index (χ3v) is 9.27. The summed E-state index contributed by atoms with van der Waals surface area (Å²) in [6, 6.07) is 2.23. The molecular weight excluding hydrogens is 665 g/mol. The fraction of sp³-hybridized carbons (Fsp3) is 0.581. The number of aliphatic hydroxyl groups is 2. The fourth-order valence-electron chi connectivity index (χ4n) is 6.90. The molecule has 2 heterocycles. The summed E-state index contributed by atoms with van der Waals surface area (Å²) in [5.74, 6) is -5.61. The van der Waals surface area contributed by atoms with E-state index in [1.54, 1.807) is 6.08 Å². The summed E-state index contributed by atoms with van der Waals surface area (Å²) in [6.45, 7) is 3.17. The van der Waals surface area contributed by atoms with Crippen LogP contribution in [0.4, 0.5) is 13.2 Å². The Bertz CT molecular complexity index is 1550. The van der Waals surface area contributed by atoms with Crippen molar-refractivity contribution in [1.82, 2.24) is 10.2 Å². The molecule has 1 spiro atoms. The molecule has 4 aliphatic rings. The summed E-state index contributed by atoms with van der Waals surface area (Å²) in [5, 5.41) is 40.1. The SMILES string of the molecule is COc1ccc2c3c1O[C@H]1C(OC(=O)[C@H](C)OC(=O)[C@H](CCC(=O)O)NC(=O)[C@H](C)O)=CC[C@@]4(O)[C@@H](C2)N(C)CC[C@]314.O=C(O)C(F)(F)F. The summed E-state index contributed by atoms with van der Waals surface area (Å²) in [4.78, 5) is 60.1. The summed E-state index contributed by atoms with van der Waals surface area (Å²) in [7, 11) is 3.52. The first-order chi connectivity index (χ1) is 22.8.